The van der Waals surface area contributed by atoms with Gasteiger partial charge in [-0.1, -0.05) is 5.16 Å². The summed E-state index contributed by atoms with van der Waals surface area (Å²) in [6, 6.07) is 1.89. The molecule has 0 aliphatic heterocycles. The van der Waals surface area contributed by atoms with Crippen LogP contribution in [-0.4, -0.2) is 24.4 Å². The summed E-state index contributed by atoms with van der Waals surface area (Å²) in [4.78, 5) is 0. The van der Waals surface area contributed by atoms with Crippen LogP contribution in [-0.2, 0) is 17.9 Å². The third kappa shape index (κ3) is 4.92. The van der Waals surface area contributed by atoms with Crippen LogP contribution in [0.2, 0.25) is 0 Å². The van der Waals surface area contributed by atoms with E-state index in [9.17, 15) is 0 Å². The molecule has 0 aliphatic carbocycles. The summed E-state index contributed by atoms with van der Waals surface area (Å²) >= 11 is 0. The molecule has 1 heterocycles. The molecule has 5 heteroatoms. The van der Waals surface area contributed by atoms with E-state index in [2.05, 4.69) is 10.5 Å². The van der Waals surface area contributed by atoms with Gasteiger partial charge < -0.3 is 20.3 Å². The van der Waals surface area contributed by atoms with Gasteiger partial charge in [-0.3, -0.25) is 0 Å². The summed E-state index contributed by atoms with van der Waals surface area (Å²) in [7, 11) is 0. The Kier molecular flexibility index (Phi) is 5.31. The van der Waals surface area contributed by atoms with Crippen molar-refractivity contribution in [3.8, 4) is 0 Å². The quantitative estimate of drug-likeness (QED) is 0.650. The standard InChI is InChI=1S/C10H19N3O2/c1-8(2)14-7-9-5-10(15-13-9)6-12-4-3-11/h5,8,12H,3-4,6-7,11H2,1-2H3. The van der Waals surface area contributed by atoms with Crippen molar-refractivity contribution >= 4 is 0 Å². The third-order valence-corrected chi connectivity index (χ3v) is 1.79. The van der Waals surface area contributed by atoms with Gasteiger partial charge >= 0.3 is 0 Å². The van der Waals surface area contributed by atoms with E-state index in [0.29, 0.717) is 19.7 Å². The molecule has 0 saturated heterocycles. The Balaban J connectivity index is 2.29. The predicted octanol–water partition coefficient (Wildman–Crippen LogP) is 0.648. The van der Waals surface area contributed by atoms with Crippen molar-refractivity contribution in [2.24, 2.45) is 5.73 Å². The maximum absolute atomic E-state index is 5.40. The third-order valence-electron chi connectivity index (χ3n) is 1.79. The van der Waals surface area contributed by atoms with Gasteiger partial charge in [-0.2, -0.15) is 0 Å². The highest BCUT2D eigenvalue weighted by Crippen LogP contribution is 2.05. The van der Waals surface area contributed by atoms with Gasteiger partial charge in [0.05, 0.1) is 19.3 Å². The average molecular weight is 213 g/mol. The summed E-state index contributed by atoms with van der Waals surface area (Å²) in [6.07, 6.45) is 0.209. The molecule has 0 spiro atoms. The predicted molar refractivity (Wildman–Crippen MR) is 57.2 cm³/mol. The van der Waals surface area contributed by atoms with Crippen LogP contribution in [0.4, 0.5) is 0 Å². The highest BCUT2D eigenvalue weighted by atomic mass is 16.5. The van der Waals surface area contributed by atoms with Crippen molar-refractivity contribution < 1.29 is 9.26 Å². The molecule has 0 aromatic carbocycles. The van der Waals surface area contributed by atoms with E-state index in [1.807, 2.05) is 19.9 Å². The molecule has 0 atom stereocenters. The number of rotatable bonds is 7. The first kappa shape index (κ1) is 12.2. The molecule has 1 aromatic rings. The number of nitrogens with one attached hydrogen (secondary N) is 1. The first-order valence-electron chi connectivity index (χ1n) is 5.19. The second kappa shape index (κ2) is 6.55. The van der Waals surface area contributed by atoms with Crippen molar-refractivity contribution in [3.63, 3.8) is 0 Å². The van der Waals surface area contributed by atoms with E-state index in [1.165, 1.54) is 0 Å². The van der Waals surface area contributed by atoms with Crippen LogP contribution in [0, 0.1) is 0 Å². The topological polar surface area (TPSA) is 73.3 Å². The molecule has 1 aromatic heterocycles. The minimum Gasteiger partial charge on any atom is -0.372 e. The molecule has 5 nitrogen and oxygen atoms in total. The summed E-state index contributed by atoms with van der Waals surface area (Å²) < 4.78 is 10.5. The summed E-state index contributed by atoms with van der Waals surface area (Å²) in [6.45, 7) is 6.54. The largest absolute Gasteiger partial charge is 0.372 e. The average Bonchev–Trinajstić information content (AvgIpc) is 2.63. The SMILES string of the molecule is CC(C)OCc1cc(CNCCN)on1. The van der Waals surface area contributed by atoms with Crippen molar-refractivity contribution in [1.29, 1.82) is 0 Å². The van der Waals surface area contributed by atoms with Crippen LogP contribution < -0.4 is 11.1 Å². The van der Waals surface area contributed by atoms with Crippen LogP contribution in [0.15, 0.2) is 10.6 Å². The normalized spacial score (nSPS) is 11.2. The molecule has 3 N–H and O–H groups in total. The molecular formula is C10H19N3O2. The number of hydrogen-bond acceptors (Lipinski definition) is 5. The summed E-state index contributed by atoms with van der Waals surface area (Å²) in [5.74, 6) is 0.811. The van der Waals surface area contributed by atoms with E-state index < -0.39 is 0 Å². The monoisotopic (exact) mass is 213 g/mol. The highest BCUT2D eigenvalue weighted by Gasteiger charge is 2.04. The second-order valence-corrected chi connectivity index (χ2v) is 3.61. The van der Waals surface area contributed by atoms with Crippen LogP contribution in [0.5, 0.6) is 0 Å². The molecule has 0 bridgehead atoms. The number of ether oxygens (including phenoxy) is 1. The lowest BCUT2D eigenvalue weighted by atomic mass is 10.3. The lowest BCUT2D eigenvalue weighted by Gasteiger charge is -2.03. The minimum atomic E-state index is 0.209. The Morgan fingerprint density at radius 1 is 1.60 bits per heavy atom. The summed E-state index contributed by atoms with van der Waals surface area (Å²) in [5.41, 5.74) is 6.18. The molecule has 0 fully saturated rings. The van der Waals surface area contributed by atoms with Gasteiger partial charge in [-0.05, 0) is 13.8 Å². The van der Waals surface area contributed by atoms with E-state index in [1.54, 1.807) is 0 Å². The van der Waals surface area contributed by atoms with Crippen molar-refractivity contribution in [2.45, 2.75) is 33.1 Å². The zero-order valence-corrected chi connectivity index (χ0v) is 9.32. The zero-order valence-electron chi connectivity index (χ0n) is 9.32. The Labute approximate surface area is 90.0 Å². The van der Waals surface area contributed by atoms with Gasteiger partial charge in [0.15, 0.2) is 5.76 Å². The first-order valence-corrected chi connectivity index (χ1v) is 5.19. The van der Waals surface area contributed by atoms with Crippen LogP contribution in [0.1, 0.15) is 25.3 Å². The van der Waals surface area contributed by atoms with Crippen LogP contribution in [0.25, 0.3) is 0 Å². The van der Waals surface area contributed by atoms with E-state index in [4.69, 9.17) is 15.0 Å². The lowest BCUT2D eigenvalue weighted by molar-refractivity contribution is 0.0619. The van der Waals surface area contributed by atoms with Crippen LogP contribution >= 0.6 is 0 Å². The Bertz CT molecular complexity index is 273. The fourth-order valence-corrected chi connectivity index (χ4v) is 1.07. The van der Waals surface area contributed by atoms with Crippen molar-refractivity contribution in [2.75, 3.05) is 13.1 Å². The first-order chi connectivity index (χ1) is 7.22. The van der Waals surface area contributed by atoms with Crippen molar-refractivity contribution in [1.82, 2.24) is 10.5 Å². The fourth-order valence-electron chi connectivity index (χ4n) is 1.07. The van der Waals surface area contributed by atoms with E-state index in [0.717, 1.165) is 18.0 Å². The van der Waals surface area contributed by atoms with E-state index in [-0.39, 0.29) is 6.10 Å². The number of nitrogens with two attached hydrogens (primary N) is 1. The maximum Gasteiger partial charge on any atom is 0.150 e. The van der Waals surface area contributed by atoms with Crippen molar-refractivity contribution in [3.05, 3.63) is 17.5 Å². The highest BCUT2D eigenvalue weighted by molar-refractivity contribution is 5.04. The summed E-state index contributed by atoms with van der Waals surface area (Å²) in [5, 5.41) is 7.03. The number of aromatic nitrogens is 1. The second-order valence-electron chi connectivity index (χ2n) is 3.61. The fraction of sp³-hybridized carbons (Fsp3) is 0.700. The van der Waals surface area contributed by atoms with E-state index >= 15 is 0 Å². The lowest BCUT2D eigenvalue weighted by Crippen LogP contribution is -2.21. The van der Waals surface area contributed by atoms with Gasteiger partial charge in [0.1, 0.15) is 5.69 Å². The Morgan fingerprint density at radius 3 is 3.07 bits per heavy atom. The molecule has 86 valence electrons. The van der Waals surface area contributed by atoms with Gasteiger partial charge in [-0.25, -0.2) is 0 Å². The minimum absolute atomic E-state index is 0.209. The molecule has 0 radical (unpaired) electrons. The number of nitrogens with zero attached hydrogens (tertiary/aromatic N) is 1. The molecule has 15 heavy (non-hydrogen) atoms. The van der Waals surface area contributed by atoms with Gasteiger partial charge in [-0.15, -0.1) is 0 Å². The molecule has 0 saturated carbocycles. The smallest absolute Gasteiger partial charge is 0.150 e. The Morgan fingerprint density at radius 2 is 2.40 bits per heavy atom. The van der Waals surface area contributed by atoms with Gasteiger partial charge in [0, 0.05) is 19.2 Å². The molecule has 0 aliphatic rings. The van der Waals surface area contributed by atoms with Gasteiger partial charge in [0.2, 0.25) is 0 Å². The molecule has 0 amide bonds. The molecular weight excluding hydrogens is 194 g/mol. The van der Waals surface area contributed by atoms with Crippen LogP contribution in [0.3, 0.4) is 0 Å². The van der Waals surface area contributed by atoms with Gasteiger partial charge in [0.25, 0.3) is 0 Å². The molecule has 0 unspecified atom stereocenters. The molecule has 1 rings (SSSR count). The zero-order chi connectivity index (χ0) is 11.1. The maximum atomic E-state index is 5.40. The number of hydrogen-bond donors (Lipinski definition) is 2. The Hall–Kier alpha value is -0.910.